The number of hydrogen-bond donors (Lipinski definition) is 4. The van der Waals surface area contributed by atoms with Crippen molar-refractivity contribution in [2.75, 3.05) is 0 Å². The zero-order chi connectivity index (χ0) is 23.5. The molecule has 0 spiro atoms. The zero-order valence-corrected chi connectivity index (χ0v) is 19.0. The van der Waals surface area contributed by atoms with Gasteiger partial charge in [-0.05, 0) is 30.4 Å². The van der Waals surface area contributed by atoms with Crippen LogP contribution in [0.4, 0.5) is 0 Å². The molecule has 7 heteroatoms. The summed E-state index contributed by atoms with van der Waals surface area (Å²) in [6.07, 6.45) is 0.861. The highest BCUT2D eigenvalue weighted by molar-refractivity contribution is 5.92. The summed E-state index contributed by atoms with van der Waals surface area (Å²) in [5.41, 5.74) is 7.79. The standard InChI is InChI=1S/C25H34N4O3/c1-17(2)14-21(26)24(31)28-18(3)23(30)29-22(15-19-10-6-4-7-11-19)25(32)27-16-20-12-8-5-9-13-20/h4-13,17-18,21-22H,14-16,26H2,1-3H3,(H,27,32)(H,28,31)(H,29,30)/t18-,21+,22-/m0/s1. The van der Waals surface area contributed by atoms with Crippen LogP contribution in [-0.4, -0.2) is 35.8 Å². The van der Waals surface area contributed by atoms with E-state index in [9.17, 15) is 14.4 Å². The number of nitrogens with one attached hydrogen (secondary N) is 3. The minimum atomic E-state index is -0.819. The lowest BCUT2D eigenvalue weighted by Gasteiger charge is -2.22. The second kappa shape index (κ2) is 12.6. The summed E-state index contributed by atoms with van der Waals surface area (Å²) in [7, 11) is 0. The summed E-state index contributed by atoms with van der Waals surface area (Å²) in [6, 6.07) is 16.7. The molecule has 2 rings (SSSR count). The average molecular weight is 439 g/mol. The molecule has 2 aromatic rings. The molecule has 0 saturated carbocycles. The van der Waals surface area contributed by atoms with Gasteiger partial charge >= 0.3 is 0 Å². The van der Waals surface area contributed by atoms with Gasteiger partial charge in [-0.15, -0.1) is 0 Å². The van der Waals surface area contributed by atoms with Gasteiger partial charge in [-0.3, -0.25) is 14.4 Å². The molecule has 2 aromatic carbocycles. The second-order valence-electron chi connectivity index (χ2n) is 8.42. The Kier molecular flexibility index (Phi) is 9.88. The summed E-state index contributed by atoms with van der Waals surface area (Å²) in [4.78, 5) is 37.9. The number of carbonyl (C=O) groups is 3. The van der Waals surface area contributed by atoms with E-state index >= 15 is 0 Å². The third-order valence-electron chi connectivity index (χ3n) is 5.04. The molecule has 0 bridgehead atoms. The van der Waals surface area contributed by atoms with Crippen molar-refractivity contribution in [3.8, 4) is 0 Å². The molecule has 0 aliphatic carbocycles. The molecule has 0 aliphatic rings. The topological polar surface area (TPSA) is 113 Å². The molecule has 5 N–H and O–H groups in total. The Bertz CT molecular complexity index is 871. The molecule has 172 valence electrons. The molecule has 3 atom stereocenters. The molecule has 3 amide bonds. The van der Waals surface area contributed by atoms with Crippen LogP contribution in [0.15, 0.2) is 60.7 Å². The van der Waals surface area contributed by atoms with Crippen LogP contribution in [0, 0.1) is 5.92 Å². The third-order valence-corrected chi connectivity index (χ3v) is 5.04. The van der Waals surface area contributed by atoms with Gasteiger partial charge in [-0.2, -0.15) is 0 Å². The first-order valence-electron chi connectivity index (χ1n) is 11.0. The van der Waals surface area contributed by atoms with Crippen molar-refractivity contribution < 1.29 is 14.4 Å². The SMILES string of the molecule is CC(C)C[C@@H](N)C(=O)N[C@@H](C)C(=O)N[C@@H](Cc1ccccc1)C(=O)NCc1ccccc1. The molecule has 0 fully saturated rings. The molecule has 0 radical (unpaired) electrons. The van der Waals surface area contributed by atoms with Gasteiger partial charge in [0.1, 0.15) is 12.1 Å². The van der Waals surface area contributed by atoms with Crippen LogP contribution in [0.5, 0.6) is 0 Å². The van der Waals surface area contributed by atoms with Gasteiger partial charge in [0.15, 0.2) is 0 Å². The van der Waals surface area contributed by atoms with E-state index in [2.05, 4.69) is 16.0 Å². The summed E-state index contributed by atoms with van der Waals surface area (Å²) in [5.74, 6) is -0.843. The van der Waals surface area contributed by atoms with Crippen LogP contribution in [0.25, 0.3) is 0 Å². The lowest BCUT2D eigenvalue weighted by Crippen LogP contribution is -2.55. The van der Waals surface area contributed by atoms with E-state index in [1.807, 2.05) is 74.5 Å². The maximum absolute atomic E-state index is 12.9. The molecule has 0 aromatic heterocycles. The quantitative estimate of drug-likeness (QED) is 0.429. The van der Waals surface area contributed by atoms with Gasteiger partial charge < -0.3 is 21.7 Å². The fourth-order valence-corrected chi connectivity index (χ4v) is 3.26. The van der Waals surface area contributed by atoms with Crippen molar-refractivity contribution in [1.29, 1.82) is 0 Å². The fourth-order valence-electron chi connectivity index (χ4n) is 3.26. The maximum atomic E-state index is 12.9. The molecular weight excluding hydrogens is 404 g/mol. The second-order valence-corrected chi connectivity index (χ2v) is 8.42. The van der Waals surface area contributed by atoms with Crippen LogP contribution in [0.1, 0.15) is 38.3 Å². The molecular formula is C25H34N4O3. The lowest BCUT2D eigenvalue weighted by atomic mass is 10.0. The largest absolute Gasteiger partial charge is 0.350 e. The molecule has 0 aliphatic heterocycles. The number of amides is 3. The molecule has 0 unspecified atom stereocenters. The first kappa shape index (κ1) is 25.1. The highest BCUT2D eigenvalue weighted by atomic mass is 16.2. The molecule has 7 nitrogen and oxygen atoms in total. The average Bonchev–Trinajstić information content (AvgIpc) is 2.77. The van der Waals surface area contributed by atoms with Crippen molar-refractivity contribution in [2.45, 2.75) is 58.3 Å². The first-order valence-corrected chi connectivity index (χ1v) is 11.0. The minimum absolute atomic E-state index is 0.267. The van der Waals surface area contributed by atoms with E-state index in [1.165, 1.54) is 0 Å². The van der Waals surface area contributed by atoms with E-state index in [-0.39, 0.29) is 17.7 Å². The zero-order valence-electron chi connectivity index (χ0n) is 19.0. The maximum Gasteiger partial charge on any atom is 0.243 e. The minimum Gasteiger partial charge on any atom is -0.350 e. The summed E-state index contributed by atoms with van der Waals surface area (Å²) in [6.45, 7) is 5.89. The van der Waals surface area contributed by atoms with Gasteiger partial charge in [0.05, 0.1) is 6.04 Å². The van der Waals surface area contributed by atoms with Crippen LogP contribution in [0.3, 0.4) is 0 Å². The van der Waals surface area contributed by atoms with Gasteiger partial charge in [-0.25, -0.2) is 0 Å². The summed E-state index contributed by atoms with van der Waals surface area (Å²) >= 11 is 0. The van der Waals surface area contributed by atoms with Crippen molar-refractivity contribution >= 4 is 17.7 Å². The Labute approximate surface area is 190 Å². The monoisotopic (exact) mass is 438 g/mol. The van der Waals surface area contributed by atoms with Crippen molar-refractivity contribution in [3.05, 3.63) is 71.8 Å². The summed E-state index contributed by atoms with van der Waals surface area (Å²) in [5, 5.41) is 8.31. The summed E-state index contributed by atoms with van der Waals surface area (Å²) < 4.78 is 0. The van der Waals surface area contributed by atoms with Crippen LogP contribution in [0.2, 0.25) is 0 Å². The number of rotatable bonds is 11. The smallest absolute Gasteiger partial charge is 0.243 e. The van der Waals surface area contributed by atoms with Gasteiger partial charge in [-0.1, -0.05) is 74.5 Å². The van der Waals surface area contributed by atoms with Crippen LogP contribution < -0.4 is 21.7 Å². The Balaban J connectivity index is 2.01. The Morgan fingerprint density at radius 1 is 0.781 bits per heavy atom. The normalized spacial score (nSPS) is 13.7. The van der Waals surface area contributed by atoms with E-state index in [4.69, 9.17) is 5.73 Å². The Morgan fingerprint density at radius 2 is 1.34 bits per heavy atom. The van der Waals surface area contributed by atoms with Gasteiger partial charge in [0.25, 0.3) is 0 Å². The number of nitrogens with two attached hydrogens (primary N) is 1. The lowest BCUT2D eigenvalue weighted by molar-refractivity contribution is -0.132. The van der Waals surface area contributed by atoms with E-state index in [1.54, 1.807) is 6.92 Å². The highest BCUT2D eigenvalue weighted by Gasteiger charge is 2.26. The predicted molar refractivity (Wildman–Crippen MR) is 125 cm³/mol. The van der Waals surface area contributed by atoms with Crippen molar-refractivity contribution in [1.82, 2.24) is 16.0 Å². The van der Waals surface area contributed by atoms with E-state index in [0.29, 0.717) is 19.4 Å². The van der Waals surface area contributed by atoms with Gasteiger partial charge in [0, 0.05) is 13.0 Å². The number of benzene rings is 2. The van der Waals surface area contributed by atoms with Crippen LogP contribution in [-0.2, 0) is 27.3 Å². The molecule has 0 saturated heterocycles. The van der Waals surface area contributed by atoms with Gasteiger partial charge in [0.2, 0.25) is 17.7 Å². The molecule has 0 heterocycles. The number of hydrogen-bond acceptors (Lipinski definition) is 4. The fraction of sp³-hybridized carbons (Fsp3) is 0.400. The van der Waals surface area contributed by atoms with E-state index < -0.39 is 24.0 Å². The van der Waals surface area contributed by atoms with E-state index in [0.717, 1.165) is 11.1 Å². The van der Waals surface area contributed by atoms with Crippen molar-refractivity contribution in [3.63, 3.8) is 0 Å². The predicted octanol–water partition coefficient (Wildman–Crippen LogP) is 1.91. The first-order chi connectivity index (χ1) is 15.3. The highest BCUT2D eigenvalue weighted by Crippen LogP contribution is 2.06. The Hall–Kier alpha value is -3.19. The Morgan fingerprint density at radius 3 is 1.91 bits per heavy atom. The third kappa shape index (κ3) is 8.51. The van der Waals surface area contributed by atoms with Crippen LogP contribution >= 0.6 is 0 Å². The van der Waals surface area contributed by atoms with Crippen molar-refractivity contribution in [2.24, 2.45) is 11.7 Å². The number of carbonyl (C=O) groups excluding carboxylic acids is 3. The molecule has 32 heavy (non-hydrogen) atoms.